The highest BCUT2D eigenvalue weighted by Crippen LogP contribution is 2.26. The molecule has 2 heterocycles. The van der Waals surface area contributed by atoms with E-state index in [-0.39, 0.29) is 0 Å². The van der Waals surface area contributed by atoms with Crippen LogP contribution in [0.5, 0.6) is 0 Å². The highest BCUT2D eigenvalue weighted by molar-refractivity contribution is 5.70. The van der Waals surface area contributed by atoms with Gasteiger partial charge in [0, 0.05) is 12.8 Å². The van der Waals surface area contributed by atoms with Crippen LogP contribution < -0.4 is 5.32 Å². The van der Waals surface area contributed by atoms with Crippen LogP contribution in [0.25, 0.3) is 0 Å². The van der Waals surface area contributed by atoms with Crippen molar-refractivity contribution in [1.82, 2.24) is 9.97 Å². The molecule has 0 saturated carbocycles. The van der Waals surface area contributed by atoms with Crippen LogP contribution in [0.1, 0.15) is 19.0 Å². The molecule has 1 aromatic heterocycles. The Balaban J connectivity index is 2.21. The predicted octanol–water partition coefficient (Wildman–Crippen LogP) is 1.71. The summed E-state index contributed by atoms with van der Waals surface area (Å²) in [6.07, 6.45) is 4.32. The number of aryl methyl sites for hydroxylation is 1. The molecule has 5 heteroatoms. The first-order valence-electron chi connectivity index (χ1n) is 5.46. The van der Waals surface area contributed by atoms with Crippen LogP contribution in [-0.2, 0) is 4.74 Å². The van der Waals surface area contributed by atoms with Crippen LogP contribution in [0.15, 0.2) is 11.3 Å². The van der Waals surface area contributed by atoms with Crippen molar-refractivity contribution < 1.29 is 4.74 Å². The molecule has 1 aliphatic rings. The van der Waals surface area contributed by atoms with E-state index in [4.69, 9.17) is 4.74 Å². The van der Waals surface area contributed by atoms with E-state index in [9.17, 15) is 0 Å². The molecule has 1 aliphatic heterocycles. The number of hydrogen-bond acceptors (Lipinski definition) is 5. The Bertz CT molecular complexity index is 386. The quantitative estimate of drug-likeness (QED) is 0.788. The van der Waals surface area contributed by atoms with Gasteiger partial charge in [-0.05, 0) is 20.3 Å². The molecule has 0 amide bonds. The molecule has 16 heavy (non-hydrogen) atoms. The van der Waals surface area contributed by atoms with E-state index in [2.05, 4.69) is 20.3 Å². The van der Waals surface area contributed by atoms with E-state index in [0.29, 0.717) is 6.04 Å². The van der Waals surface area contributed by atoms with E-state index in [1.165, 1.54) is 0 Å². The Morgan fingerprint density at radius 3 is 3.12 bits per heavy atom. The van der Waals surface area contributed by atoms with Crippen LogP contribution in [-0.4, -0.2) is 35.4 Å². The topological polar surface area (TPSA) is 59.4 Å². The van der Waals surface area contributed by atoms with Gasteiger partial charge in [0.25, 0.3) is 0 Å². The number of hydrogen-bond donors (Lipinski definition) is 1. The van der Waals surface area contributed by atoms with E-state index < -0.39 is 0 Å². The summed E-state index contributed by atoms with van der Waals surface area (Å²) in [4.78, 5) is 12.7. The van der Waals surface area contributed by atoms with Gasteiger partial charge in [0.2, 0.25) is 0 Å². The molecule has 1 aromatic rings. The van der Waals surface area contributed by atoms with Gasteiger partial charge in [-0.25, -0.2) is 9.97 Å². The fourth-order valence-corrected chi connectivity index (χ4v) is 1.70. The van der Waals surface area contributed by atoms with Crippen LogP contribution >= 0.6 is 0 Å². The van der Waals surface area contributed by atoms with Gasteiger partial charge >= 0.3 is 0 Å². The number of aromatic nitrogens is 2. The molecule has 2 rings (SSSR count). The molecule has 0 bridgehead atoms. The molecule has 0 spiro atoms. The zero-order valence-electron chi connectivity index (χ0n) is 9.60. The molecular weight excluding hydrogens is 204 g/mol. The summed E-state index contributed by atoms with van der Waals surface area (Å²) in [6.45, 7) is 5.36. The van der Waals surface area contributed by atoms with Crippen molar-refractivity contribution in [3.05, 3.63) is 12.0 Å². The highest BCUT2D eigenvalue weighted by atomic mass is 16.5. The molecule has 0 unspecified atom stereocenters. The maximum atomic E-state index is 5.32. The molecule has 1 atom stereocenters. The minimum Gasteiger partial charge on any atom is -0.379 e. The first kappa shape index (κ1) is 11.0. The van der Waals surface area contributed by atoms with E-state index >= 15 is 0 Å². The number of aliphatic imine (C=N–C) groups is 1. The van der Waals surface area contributed by atoms with Gasteiger partial charge < -0.3 is 10.1 Å². The van der Waals surface area contributed by atoms with Gasteiger partial charge in [-0.15, -0.1) is 0 Å². The molecule has 1 N–H and O–H groups in total. The third kappa shape index (κ3) is 2.36. The molecule has 0 aromatic carbocycles. The highest BCUT2D eigenvalue weighted by Gasteiger charge is 2.17. The second-order valence-corrected chi connectivity index (χ2v) is 3.75. The number of nitrogens with zero attached hydrogens (tertiary/aromatic N) is 3. The fourth-order valence-electron chi connectivity index (χ4n) is 1.70. The van der Waals surface area contributed by atoms with Gasteiger partial charge in [-0.3, -0.25) is 4.99 Å². The van der Waals surface area contributed by atoms with Crippen LogP contribution in [0.4, 0.5) is 11.5 Å². The molecule has 1 saturated heterocycles. The minimum absolute atomic E-state index is 0.333. The van der Waals surface area contributed by atoms with E-state index in [1.54, 1.807) is 12.5 Å². The number of rotatable bonds is 3. The molecular formula is C11H16N4O. The largest absolute Gasteiger partial charge is 0.379 e. The maximum absolute atomic E-state index is 5.32. The molecule has 1 fully saturated rings. The van der Waals surface area contributed by atoms with Crippen molar-refractivity contribution in [1.29, 1.82) is 0 Å². The van der Waals surface area contributed by atoms with E-state index in [0.717, 1.165) is 36.8 Å². The number of nitrogens with one attached hydrogen (secondary N) is 1. The lowest BCUT2D eigenvalue weighted by atomic mass is 10.2. The average Bonchev–Trinajstić information content (AvgIpc) is 2.76. The molecule has 86 valence electrons. The van der Waals surface area contributed by atoms with Gasteiger partial charge in [0.05, 0.1) is 18.3 Å². The molecule has 5 nitrogen and oxygen atoms in total. The van der Waals surface area contributed by atoms with Crippen LogP contribution in [0.3, 0.4) is 0 Å². The lowest BCUT2D eigenvalue weighted by Crippen LogP contribution is -2.20. The summed E-state index contributed by atoms with van der Waals surface area (Å²) in [5.74, 6) is 0.793. The lowest BCUT2D eigenvalue weighted by Gasteiger charge is -2.13. The Morgan fingerprint density at radius 1 is 1.56 bits per heavy atom. The summed E-state index contributed by atoms with van der Waals surface area (Å²) in [6, 6.07) is 0.333. The number of anilines is 1. The summed E-state index contributed by atoms with van der Waals surface area (Å²) in [5.41, 5.74) is 1.70. The molecule has 0 radical (unpaired) electrons. The Morgan fingerprint density at radius 2 is 2.44 bits per heavy atom. The Labute approximate surface area is 95.0 Å². The van der Waals surface area contributed by atoms with Crippen molar-refractivity contribution in [2.24, 2.45) is 4.99 Å². The van der Waals surface area contributed by atoms with Gasteiger partial charge in [-0.2, -0.15) is 0 Å². The predicted molar refractivity (Wildman–Crippen MR) is 63.4 cm³/mol. The monoisotopic (exact) mass is 220 g/mol. The second kappa shape index (κ2) is 5.03. The Hall–Kier alpha value is -1.49. The first-order chi connectivity index (χ1) is 7.81. The number of ether oxygens (including phenoxy) is 1. The van der Waals surface area contributed by atoms with Crippen molar-refractivity contribution in [2.75, 3.05) is 18.5 Å². The molecule has 0 aliphatic carbocycles. The third-order valence-electron chi connectivity index (χ3n) is 2.53. The van der Waals surface area contributed by atoms with Crippen LogP contribution in [0, 0.1) is 6.92 Å². The standard InChI is InChI=1S/C11H16N4O/c1-3-12-10-8(2)13-7-14-11(10)15-9-4-5-16-6-9/h3,7,9H,4-6H2,1-2H3,(H,13,14,15)/b12-3-/t9-/m1/s1. The van der Waals surface area contributed by atoms with Crippen LogP contribution in [0.2, 0.25) is 0 Å². The minimum atomic E-state index is 0.333. The zero-order chi connectivity index (χ0) is 11.4. The second-order valence-electron chi connectivity index (χ2n) is 3.75. The average molecular weight is 220 g/mol. The van der Waals surface area contributed by atoms with Crippen molar-refractivity contribution in [3.63, 3.8) is 0 Å². The summed E-state index contributed by atoms with van der Waals surface area (Å²) < 4.78 is 5.32. The summed E-state index contributed by atoms with van der Waals surface area (Å²) in [7, 11) is 0. The normalized spacial score (nSPS) is 20.5. The van der Waals surface area contributed by atoms with Crippen molar-refractivity contribution >= 4 is 17.7 Å². The third-order valence-corrected chi connectivity index (χ3v) is 2.53. The van der Waals surface area contributed by atoms with Crippen molar-refractivity contribution in [2.45, 2.75) is 26.3 Å². The summed E-state index contributed by atoms with van der Waals surface area (Å²) in [5, 5.41) is 3.35. The fraction of sp³-hybridized carbons (Fsp3) is 0.545. The Kier molecular flexibility index (Phi) is 3.46. The zero-order valence-corrected chi connectivity index (χ0v) is 9.60. The maximum Gasteiger partial charge on any atom is 0.155 e. The van der Waals surface area contributed by atoms with Gasteiger partial charge in [0.15, 0.2) is 5.82 Å². The van der Waals surface area contributed by atoms with E-state index in [1.807, 2.05) is 13.8 Å². The smallest absolute Gasteiger partial charge is 0.155 e. The SMILES string of the molecule is C/C=N\c1c(C)ncnc1N[C@@H]1CCOC1. The first-order valence-corrected chi connectivity index (χ1v) is 5.46. The van der Waals surface area contributed by atoms with Gasteiger partial charge in [-0.1, -0.05) is 0 Å². The van der Waals surface area contributed by atoms with Crippen molar-refractivity contribution in [3.8, 4) is 0 Å². The summed E-state index contributed by atoms with van der Waals surface area (Å²) >= 11 is 0. The van der Waals surface area contributed by atoms with Gasteiger partial charge in [0.1, 0.15) is 12.0 Å². The lowest BCUT2D eigenvalue weighted by molar-refractivity contribution is 0.195.